The normalized spacial score (nSPS) is 10.8. The van der Waals surface area contributed by atoms with Crippen LogP contribution in [-0.4, -0.2) is 10.9 Å². The summed E-state index contributed by atoms with van der Waals surface area (Å²) in [6, 6.07) is 27.9. The molecule has 4 aromatic rings. The number of pyridine rings is 1. The molecule has 164 valence electrons. The molecule has 33 heavy (non-hydrogen) atoms. The summed E-state index contributed by atoms with van der Waals surface area (Å²) in [6.45, 7) is 0.724. The highest BCUT2D eigenvalue weighted by molar-refractivity contribution is 6.03. The van der Waals surface area contributed by atoms with Gasteiger partial charge in [-0.1, -0.05) is 48.5 Å². The van der Waals surface area contributed by atoms with Crippen LogP contribution in [0.25, 0.3) is 6.08 Å². The zero-order chi connectivity index (χ0) is 22.9. The van der Waals surface area contributed by atoms with Gasteiger partial charge >= 0.3 is 0 Å². The van der Waals surface area contributed by atoms with Gasteiger partial charge in [-0.05, 0) is 71.1 Å². The van der Waals surface area contributed by atoms with Crippen molar-refractivity contribution in [3.8, 4) is 0 Å². The third-order valence-electron chi connectivity index (χ3n) is 5.23. The molecule has 1 aromatic heterocycles. The van der Waals surface area contributed by atoms with Crippen molar-refractivity contribution < 1.29 is 4.79 Å². The Hall–Kier alpha value is -4.38. The zero-order valence-corrected chi connectivity index (χ0v) is 18.2. The number of para-hydroxylation sites is 2. The lowest BCUT2D eigenvalue weighted by Crippen LogP contribution is -2.09. The van der Waals surface area contributed by atoms with E-state index in [4.69, 9.17) is 5.73 Å². The van der Waals surface area contributed by atoms with Crippen molar-refractivity contribution in [1.82, 2.24) is 4.98 Å². The minimum Gasteiger partial charge on any atom is -0.397 e. The molecule has 0 spiro atoms. The van der Waals surface area contributed by atoms with Gasteiger partial charge in [-0.15, -0.1) is 0 Å². The SMILES string of the molecule is Nc1ccccc1NC(=O)/C=C/c1ccc(CNc2ccc(Cc3ccncc3)cc2)cc1. The Kier molecular flexibility index (Phi) is 7.13. The molecule has 0 aliphatic carbocycles. The number of carbonyl (C=O) groups is 1. The van der Waals surface area contributed by atoms with Crippen molar-refractivity contribution in [3.05, 3.63) is 126 Å². The lowest BCUT2D eigenvalue weighted by atomic mass is 10.1. The summed E-state index contributed by atoms with van der Waals surface area (Å²) in [7, 11) is 0. The Morgan fingerprint density at radius 3 is 2.21 bits per heavy atom. The molecular weight excluding hydrogens is 408 g/mol. The van der Waals surface area contributed by atoms with Gasteiger partial charge in [0, 0.05) is 30.7 Å². The van der Waals surface area contributed by atoms with Crippen LogP contribution in [0.1, 0.15) is 22.3 Å². The molecule has 0 saturated carbocycles. The first kappa shape index (κ1) is 21.8. The van der Waals surface area contributed by atoms with E-state index in [9.17, 15) is 4.79 Å². The van der Waals surface area contributed by atoms with Crippen molar-refractivity contribution in [2.24, 2.45) is 0 Å². The van der Waals surface area contributed by atoms with Gasteiger partial charge in [0.15, 0.2) is 0 Å². The topological polar surface area (TPSA) is 80.0 Å². The standard InChI is InChI=1S/C28H26N4O/c29-26-3-1-2-4-27(26)32-28(33)14-11-21-5-7-24(8-6-21)20-31-25-12-9-22(10-13-25)19-23-15-17-30-18-16-23/h1-18,31H,19-20,29H2,(H,32,33)/b14-11+. The van der Waals surface area contributed by atoms with Crippen LogP contribution in [0.4, 0.5) is 17.1 Å². The van der Waals surface area contributed by atoms with E-state index in [0.29, 0.717) is 11.4 Å². The molecule has 5 nitrogen and oxygen atoms in total. The highest BCUT2D eigenvalue weighted by atomic mass is 16.1. The fourth-order valence-corrected chi connectivity index (χ4v) is 3.38. The number of hydrogen-bond donors (Lipinski definition) is 3. The largest absolute Gasteiger partial charge is 0.397 e. The van der Waals surface area contributed by atoms with Gasteiger partial charge in [-0.2, -0.15) is 0 Å². The third kappa shape index (κ3) is 6.55. The average Bonchev–Trinajstić information content (AvgIpc) is 2.85. The first-order chi connectivity index (χ1) is 16.2. The summed E-state index contributed by atoms with van der Waals surface area (Å²) < 4.78 is 0. The highest BCUT2D eigenvalue weighted by Crippen LogP contribution is 2.17. The maximum absolute atomic E-state index is 12.1. The Bertz CT molecular complexity index is 1220. The van der Waals surface area contributed by atoms with Gasteiger partial charge in [0.05, 0.1) is 11.4 Å². The second-order valence-electron chi connectivity index (χ2n) is 7.73. The number of carbonyl (C=O) groups excluding carboxylic acids is 1. The molecule has 4 N–H and O–H groups in total. The third-order valence-corrected chi connectivity index (χ3v) is 5.23. The summed E-state index contributed by atoms with van der Waals surface area (Å²) >= 11 is 0. The Morgan fingerprint density at radius 1 is 0.818 bits per heavy atom. The monoisotopic (exact) mass is 434 g/mol. The molecule has 0 radical (unpaired) electrons. The number of benzene rings is 3. The summed E-state index contributed by atoms with van der Waals surface area (Å²) in [6.07, 6.45) is 7.83. The fourth-order valence-electron chi connectivity index (χ4n) is 3.38. The number of aromatic nitrogens is 1. The molecule has 0 bridgehead atoms. The van der Waals surface area contributed by atoms with Crippen molar-refractivity contribution >= 4 is 29.0 Å². The van der Waals surface area contributed by atoms with Crippen LogP contribution < -0.4 is 16.4 Å². The smallest absolute Gasteiger partial charge is 0.248 e. The van der Waals surface area contributed by atoms with Gasteiger partial charge in [-0.25, -0.2) is 0 Å². The molecule has 1 amide bonds. The van der Waals surface area contributed by atoms with Crippen molar-refractivity contribution in [2.75, 3.05) is 16.4 Å². The van der Waals surface area contributed by atoms with Crippen LogP contribution in [0.3, 0.4) is 0 Å². The van der Waals surface area contributed by atoms with E-state index in [-0.39, 0.29) is 5.91 Å². The van der Waals surface area contributed by atoms with Gasteiger partial charge in [0.1, 0.15) is 0 Å². The number of rotatable bonds is 8. The van der Waals surface area contributed by atoms with Crippen LogP contribution in [0, 0.1) is 0 Å². The van der Waals surface area contributed by atoms with Gasteiger partial charge in [-0.3, -0.25) is 9.78 Å². The van der Waals surface area contributed by atoms with E-state index in [0.717, 1.165) is 29.8 Å². The van der Waals surface area contributed by atoms with Crippen LogP contribution in [0.5, 0.6) is 0 Å². The quantitative estimate of drug-likeness (QED) is 0.252. The molecule has 0 aliphatic heterocycles. The number of anilines is 3. The second kappa shape index (κ2) is 10.8. The Labute approximate surface area is 194 Å². The van der Waals surface area contributed by atoms with Crippen LogP contribution in [0.15, 0.2) is 103 Å². The second-order valence-corrected chi connectivity index (χ2v) is 7.73. The van der Waals surface area contributed by atoms with Crippen LogP contribution in [0.2, 0.25) is 0 Å². The predicted octanol–water partition coefficient (Wildman–Crippen LogP) is 5.52. The minimum absolute atomic E-state index is 0.217. The Morgan fingerprint density at radius 2 is 1.48 bits per heavy atom. The van der Waals surface area contributed by atoms with Crippen molar-refractivity contribution in [1.29, 1.82) is 0 Å². The maximum atomic E-state index is 12.1. The predicted molar refractivity (Wildman–Crippen MR) is 136 cm³/mol. The fraction of sp³-hybridized carbons (Fsp3) is 0.0714. The molecule has 0 atom stereocenters. The number of nitrogens with one attached hydrogen (secondary N) is 2. The van der Waals surface area contributed by atoms with Crippen LogP contribution in [-0.2, 0) is 17.8 Å². The number of nitrogen functional groups attached to an aromatic ring is 1. The van der Waals surface area contributed by atoms with E-state index in [1.54, 1.807) is 18.2 Å². The molecule has 3 aromatic carbocycles. The summed E-state index contributed by atoms with van der Waals surface area (Å²) in [5, 5.41) is 6.23. The first-order valence-corrected chi connectivity index (χ1v) is 10.8. The summed E-state index contributed by atoms with van der Waals surface area (Å²) in [4.78, 5) is 16.2. The molecule has 1 heterocycles. The van der Waals surface area contributed by atoms with Gasteiger partial charge < -0.3 is 16.4 Å². The zero-order valence-electron chi connectivity index (χ0n) is 18.2. The van der Waals surface area contributed by atoms with E-state index >= 15 is 0 Å². The summed E-state index contributed by atoms with van der Waals surface area (Å²) in [5.74, 6) is -0.217. The van der Waals surface area contributed by atoms with E-state index in [2.05, 4.69) is 52.0 Å². The molecule has 0 unspecified atom stereocenters. The summed E-state index contributed by atoms with van der Waals surface area (Å²) in [5.41, 5.74) is 12.7. The van der Waals surface area contributed by atoms with Gasteiger partial charge in [0.25, 0.3) is 0 Å². The van der Waals surface area contributed by atoms with E-state index in [1.165, 1.54) is 17.2 Å². The number of nitrogens with zero attached hydrogens (tertiary/aromatic N) is 1. The van der Waals surface area contributed by atoms with E-state index in [1.807, 2.05) is 48.8 Å². The molecule has 5 heteroatoms. The minimum atomic E-state index is -0.217. The Balaban J connectivity index is 1.26. The van der Waals surface area contributed by atoms with E-state index < -0.39 is 0 Å². The number of hydrogen-bond acceptors (Lipinski definition) is 4. The number of nitrogens with two attached hydrogens (primary N) is 1. The van der Waals surface area contributed by atoms with Gasteiger partial charge in [0.2, 0.25) is 5.91 Å². The van der Waals surface area contributed by atoms with Crippen molar-refractivity contribution in [3.63, 3.8) is 0 Å². The highest BCUT2D eigenvalue weighted by Gasteiger charge is 2.01. The number of amides is 1. The first-order valence-electron chi connectivity index (χ1n) is 10.8. The molecule has 0 aliphatic rings. The molecule has 0 saturated heterocycles. The lowest BCUT2D eigenvalue weighted by molar-refractivity contribution is -0.111. The maximum Gasteiger partial charge on any atom is 0.248 e. The van der Waals surface area contributed by atoms with Crippen LogP contribution >= 0.6 is 0 Å². The molecule has 4 rings (SSSR count). The molecular formula is C28H26N4O. The van der Waals surface area contributed by atoms with Crippen molar-refractivity contribution in [2.45, 2.75) is 13.0 Å². The lowest BCUT2D eigenvalue weighted by Gasteiger charge is -2.08. The average molecular weight is 435 g/mol. The molecule has 0 fully saturated rings.